The van der Waals surface area contributed by atoms with Gasteiger partial charge < -0.3 is 15.2 Å². The van der Waals surface area contributed by atoms with Crippen molar-refractivity contribution < 1.29 is 4.79 Å². The van der Waals surface area contributed by atoms with Crippen LogP contribution in [0.25, 0.3) is 0 Å². The number of anilines is 1. The minimum Gasteiger partial charge on any atom is -0.325 e. The lowest BCUT2D eigenvalue weighted by Crippen LogP contribution is -2.54. The first-order valence-electron chi connectivity index (χ1n) is 10.2. The lowest BCUT2D eigenvalue weighted by molar-refractivity contribution is -0.113. The summed E-state index contributed by atoms with van der Waals surface area (Å²) in [7, 11) is 0. The molecule has 0 radical (unpaired) electrons. The van der Waals surface area contributed by atoms with Gasteiger partial charge in [0.15, 0.2) is 5.17 Å². The van der Waals surface area contributed by atoms with Crippen LogP contribution in [0.2, 0.25) is 0 Å². The van der Waals surface area contributed by atoms with Gasteiger partial charge in [0, 0.05) is 22.6 Å². The molecule has 160 valence electrons. The van der Waals surface area contributed by atoms with E-state index in [1.165, 1.54) is 22.9 Å². The minimum absolute atomic E-state index is 0.0450. The Kier molecular flexibility index (Phi) is 5.64. The van der Waals surface area contributed by atoms with Crippen molar-refractivity contribution in [1.82, 2.24) is 20.8 Å². The van der Waals surface area contributed by atoms with Crippen LogP contribution in [0.4, 0.5) is 5.69 Å². The Morgan fingerprint density at radius 1 is 1.26 bits per heavy atom. The summed E-state index contributed by atoms with van der Waals surface area (Å²) in [6.45, 7) is 2.10. The largest absolute Gasteiger partial charge is 0.325 e. The number of hydrogen-bond acceptors (Lipinski definition) is 7. The number of hydrazone groups is 1. The molecule has 3 unspecified atom stereocenters. The molecule has 0 aromatic heterocycles. The van der Waals surface area contributed by atoms with E-state index in [1.807, 2.05) is 30.5 Å². The number of aryl methyl sites for hydroxylation is 1. The number of carbonyl (C=O) groups excluding carboxylic acids is 1. The third-order valence-electron chi connectivity index (χ3n) is 5.63. The number of fused-ring (bicyclic) bond motifs is 3. The molecule has 2 aromatic carbocycles. The van der Waals surface area contributed by atoms with E-state index in [2.05, 4.69) is 84.5 Å². The van der Waals surface area contributed by atoms with E-state index in [1.54, 1.807) is 0 Å². The Hall–Kier alpha value is -2.49. The molecule has 1 fully saturated rings. The monoisotopic (exact) mass is 498 g/mol. The predicted molar refractivity (Wildman–Crippen MR) is 128 cm³/mol. The number of hydrazine groups is 1. The van der Waals surface area contributed by atoms with Gasteiger partial charge in [0.25, 0.3) is 0 Å². The van der Waals surface area contributed by atoms with Crippen molar-refractivity contribution in [2.75, 3.05) is 11.1 Å². The molecule has 0 bridgehead atoms. The third-order valence-corrected chi connectivity index (χ3v) is 7.09. The van der Waals surface area contributed by atoms with Crippen molar-refractivity contribution in [3.05, 3.63) is 76.5 Å². The van der Waals surface area contributed by atoms with Gasteiger partial charge in [-0.05, 0) is 37.1 Å². The Balaban J connectivity index is 1.18. The fourth-order valence-electron chi connectivity index (χ4n) is 4.06. The molecule has 3 aliphatic rings. The normalized spacial score (nSPS) is 23.8. The molecule has 0 saturated carbocycles. The van der Waals surface area contributed by atoms with Crippen LogP contribution >= 0.6 is 27.7 Å². The highest BCUT2D eigenvalue weighted by Crippen LogP contribution is 2.35. The molecular formula is C22H23BrN6OS. The second kappa shape index (κ2) is 8.57. The van der Waals surface area contributed by atoms with E-state index in [4.69, 9.17) is 0 Å². The minimum atomic E-state index is -0.0566. The lowest BCUT2D eigenvalue weighted by atomic mass is 9.99. The van der Waals surface area contributed by atoms with Crippen LogP contribution in [0.3, 0.4) is 0 Å². The van der Waals surface area contributed by atoms with Gasteiger partial charge in [-0.15, -0.1) is 0 Å². The van der Waals surface area contributed by atoms with E-state index >= 15 is 0 Å². The maximum absolute atomic E-state index is 12.4. The summed E-state index contributed by atoms with van der Waals surface area (Å²) >= 11 is 4.85. The number of thioether (sulfide) groups is 1. The van der Waals surface area contributed by atoms with Crippen LogP contribution < -0.4 is 16.2 Å². The molecule has 3 atom stereocenters. The van der Waals surface area contributed by atoms with E-state index in [9.17, 15) is 4.79 Å². The standard InChI is InChI=1S/C22H23BrN6OS/c1-14-5-7-15(8-6-14)18-12-19-21-25-26-22(28(21)9-10-29(19)27-18)31-13-20(30)24-17-4-2-3-16(23)11-17/h2-11,18-19,21,25,27H,12-13H2,1H3,(H,24,30). The molecule has 0 spiro atoms. The number of amides is 1. The Morgan fingerprint density at radius 2 is 2.10 bits per heavy atom. The van der Waals surface area contributed by atoms with Crippen molar-refractivity contribution in [3.63, 3.8) is 0 Å². The smallest absolute Gasteiger partial charge is 0.234 e. The topological polar surface area (TPSA) is 72.0 Å². The molecule has 1 amide bonds. The van der Waals surface area contributed by atoms with E-state index in [0.717, 1.165) is 21.7 Å². The van der Waals surface area contributed by atoms with Gasteiger partial charge in [-0.2, -0.15) is 5.10 Å². The van der Waals surface area contributed by atoms with Crippen LogP contribution in [-0.2, 0) is 4.79 Å². The predicted octanol–water partition coefficient (Wildman–Crippen LogP) is 3.74. The fourth-order valence-corrected chi connectivity index (χ4v) is 5.23. The van der Waals surface area contributed by atoms with Gasteiger partial charge in [-0.25, -0.2) is 5.43 Å². The number of nitrogens with one attached hydrogen (secondary N) is 3. The zero-order valence-electron chi connectivity index (χ0n) is 17.0. The number of benzene rings is 2. The highest BCUT2D eigenvalue weighted by Gasteiger charge is 2.44. The number of amidine groups is 1. The molecule has 3 heterocycles. The number of rotatable bonds is 4. The Bertz CT molecular complexity index is 1040. The maximum Gasteiger partial charge on any atom is 0.234 e. The summed E-state index contributed by atoms with van der Waals surface area (Å²) in [5.41, 5.74) is 10.2. The number of carbonyl (C=O) groups is 1. The maximum atomic E-state index is 12.4. The number of halogens is 1. The third kappa shape index (κ3) is 4.30. The average molecular weight is 499 g/mol. The second-order valence-corrected chi connectivity index (χ2v) is 9.68. The molecule has 0 aliphatic carbocycles. The zero-order chi connectivity index (χ0) is 21.4. The van der Waals surface area contributed by atoms with Crippen molar-refractivity contribution in [1.29, 1.82) is 0 Å². The van der Waals surface area contributed by atoms with Crippen molar-refractivity contribution in [2.45, 2.75) is 31.6 Å². The van der Waals surface area contributed by atoms with Crippen molar-refractivity contribution in [2.24, 2.45) is 5.10 Å². The summed E-state index contributed by atoms with van der Waals surface area (Å²) in [5, 5.41) is 10.4. The second-order valence-electron chi connectivity index (χ2n) is 7.82. The first kappa shape index (κ1) is 20.4. The molecule has 3 N–H and O–H groups in total. The summed E-state index contributed by atoms with van der Waals surface area (Å²) in [4.78, 5) is 14.5. The summed E-state index contributed by atoms with van der Waals surface area (Å²) < 4.78 is 0.933. The summed E-state index contributed by atoms with van der Waals surface area (Å²) in [5.74, 6) is 0.238. The molecule has 2 aromatic rings. The molecule has 3 aliphatic heterocycles. The highest BCUT2D eigenvalue weighted by molar-refractivity contribution is 9.10. The van der Waals surface area contributed by atoms with Crippen LogP contribution in [0.5, 0.6) is 0 Å². The van der Waals surface area contributed by atoms with Gasteiger partial charge in [0.05, 0.1) is 17.8 Å². The highest BCUT2D eigenvalue weighted by atomic mass is 79.9. The molecule has 31 heavy (non-hydrogen) atoms. The zero-order valence-corrected chi connectivity index (χ0v) is 19.4. The van der Waals surface area contributed by atoms with Gasteiger partial charge >= 0.3 is 0 Å². The first-order chi connectivity index (χ1) is 15.1. The van der Waals surface area contributed by atoms with Crippen molar-refractivity contribution in [3.8, 4) is 0 Å². The molecular weight excluding hydrogens is 476 g/mol. The molecule has 9 heteroatoms. The fraction of sp³-hybridized carbons (Fsp3) is 0.273. The van der Waals surface area contributed by atoms with Crippen LogP contribution in [0.15, 0.2) is 70.5 Å². The SMILES string of the molecule is Cc1ccc(C2CC3C4NN=C(SCC(=O)Nc5cccc(Br)c5)N4C=CN3N2)cc1. The van der Waals surface area contributed by atoms with Gasteiger partial charge in [0.1, 0.15) is 6.17 Å². The molecule has 7 nitrogen and oxygen atoms in total. The van der Waals surface area contributed by atoms with E-state index in [-0.39, 0.29) is 24.2 Å². The summed E-state index contributed by atoms with van der Waals surface area (Å²) in [6, 6.07) is 16.8. The molecule has 5 rings (SSSR count). The summed E-state index contributed by atoms with van der Waals surface area (Å²) in [6.07, 6.45) is 5.09. The van der Waals surface area contributed by atoms with E-state index in [0.29, 0.717) is 5.75 Å². The average Bonchev–Trinajstić information content (AvgIpc) is 3.36. The number of hydrogen-bond donors (Lipinski definition) is 3. The first-order valence-corrected chi connectivity index (χ1v) is 11.9. The van der Waals surface area contributed by atoms with Crippen LogP contribution in [0, 0.1) is 6.92 Å². The van der Waals surface area contributed by atoms with Gasteiger partial charge in [0.2, 0.25) is 5.91 Å². The Labute approximate surface area is 194 Å². The lowest BCUT2D eigenvalue weighted by Gasteiger charge is -2.36. The van der Waals surface area contributed by atoms with E-state index < -0.39 is 0 Å². The Morgan fingerprint density at radius 3 is 2.90 bits per heavy atom. The van der Waals surface area contributed by atoms with Crippen LogP contribution in [0.1, 0.15) is 23.6 Å². The molecule has 1 saturated heterocycles. The van der Waals surface area contributed by atoms with Crippen LogP contribution in [-0.4, -0.2) is 38.9 Å². The quantitative estimate of drug-likeness (QED) is 0.596. The number of nitrogens with zero attached hydrogens (tertiary/aromatic N) is 3. The van der Waals surface area contributed by atoms with Gasteiger partial charge in [-0.1, -0.05) is 63.6 Å². The van der Waals surface area contributed by atoms with Crippen molar-refractivity contribution >= 4 is 44.5 Å². The van der Waals surface area contributed by atoms with Gasteiger partial charge in [-0.3, -0.25) is 10.2 Å².